The molecule has 0 atom stereocenters. The highest BCUT2D eigenvalue weighted by Crippen LogP contribution is 2.19. The molecule has 3 rings (SSSR count). The average Bonchev–Trinajstić information content (AvgIpc) is 2.98. The highest BCUT2D eigenvalue weighted by molar-refractivity contribution is 6.31. The Morgan fingerprint density at radius 3 is 2.76 bits per heavy atom. The van der Waals surface area contributed by atoms with Crippen LogP contribution in [0.2, 0.25) is 5.02 Å². The summed E-state index contributed by atoms with van der Waals surface area (Å²) in [5.74, 6) is 0. The minimum absolute atomic E-state index is 0.708. The first-order valence-electron chi connectivity index (χ1n) is 6.96. The van der Waals surface area contributed by atoms with E-state index in [-0.39, 0.29) is 0 Å². The van der Waals surface area contributed by atoms with Crippen molar-refractivity contribution in [1.82, 2.24) is 14.5 Å². The summed E-state index contributed by atoms with van der Waals surface area (Å²) in [6.07, 6.45) is 6.65. The van der Waals surface area contributed by atoms with Crippen molar-refractivity contribution < 1.29 is 0 Å². The minimum atomic E-state index is 0.708. The lowest BCUT2D eigenvalue weighted by molar-refractivity contribution is 0.798. The van der Waals surface area contributed by atoms with Gasteiger partial charge in [-0.3, -0.25) is 4.98 Å². The van der Waals surface area contributed by atoms with Crippen molar-refractivity contribution in [2.45, 2.75) is 19.9 Å². The van der Waals surface area contributed by atoms with E-state index in [9.17, 15) is 0 Å². The van der Waals surface area contributed by atoms with Crippen LogP contribution in [-0.4, -0.2) is 14.5 Å². The summed E-state index contributed by atoms with van der Waals surface area (Å²) in [7, 11) is 0. The maximum atomic E-state index is 6.19. The van der Waals surface area contributed by atoms with Gasteiger partial charge >= 0.3 is 0 Å². The fourth-order valence-corrected chi connectivity index (χ4v) is 2.43. The summed E-state index contributed by atoms with van der Waals surface area (Å²) in [6, 6.07) is 12.0. The molecule has 21 heavy (non-hydrogen) atoms. The van der Waals surface area contributed by atoms with Gasteiger partial charge in [0.1, 0.15) is 5.69 Å². The molecule has 3 nitrogen and oxygen atoms in total. The van der Waals surface area contributed by atoms with Gasteiger partial charge in [0.25, 0.3) is 0 Å². The van der Waals surface area contributed by atoms with Crippen LogP contribution in [0.4, 0.5) is 0 Å². The number of hydrogen-bond acceptors (Lipinski definition) is 2. The first kappa shape index (κ1) is 13.8. The van der Waals surface area contributed by atoms with Crippen LogP contribution in [0.1, 0.15) is 18.1 Å². The highest BCUT2D eigenvalue weighted by atomic mass is 35.5. The number of aromatic nitrogens is 3. The molecular weight excluding hydrogens is 282 g/mol. The summed E-state index contributed by atoms with van der Waals surface area (Å²) < 4.78 is 2.02. The zero-order valence-electron chi connectivity index (χ0n) is 11.8. The molecule has 0 radical (unpaired) electrons. The number of nitrogens with zero attached hydrogens (tertiary/aromatic N) is 3. The number of imidazole rings is 1. The van der Waals surface area contributed by atoms with Crippen molar-refractivity contribution in [3.8, 4) is 11.4 Å². The quantitative estimate of drug-likeness (QED) is 0.722. The first-order chi connectivity index (χ1) is 10.3. The van der Waals surface area contributed by atoms with Crippen molar-refractivity contribution in [3.05, 3.63) is 71.3 Å². The third kappa shape index (κ3) is 3.14. The van der Waals surface area contributed by atoms with Crippen LogP contribution in [-0.2, 0) is 13.0 Å². The Morgan fingerprint density at radius 1 is 1.10 bits per heavy atom. The first-order valence-corrected chi connectivity index (χ1v) is 7.34. The second kappa shape index (κ2) is 6.10. The molecule has 0 unspecified atom stereocenters. The van der Waals surface area contributed by atoms with Crippen LogP contribution in [0.15, 0.2) is 55.1 Å². The predicted molar refractivity (Wildman–Crippen MR) is 85.4 cm³/mol. The molecule has 106 valence electrons. The number of aryl methyl sites for hydroxylation is 1. The normalized spacial score (nSPS) is 10.8. The van der Waals surface area contributed by atoms with Gasteiger partial charge in [-0.15, -0.1) is 0 Å². The molecule has 1 aromatic carbocycles. The Balaban J connectivity index is 1.85. The summed E-state index contributed by atoms with van der Waals surface area (Å²) in [6.45, 7) is 2.84. The van der Waals surface area contributed by atoms with Crippen molar-refractivity contribution in [3.63, 3.8) is 0 Å². The van der Waals surface area contributed by atoms with Crippen LogP contribution in [0, 0.1) is 0 Å². The maximum Gasteiger partial charge on any atom is 0.107 e. The Labute approximate surface area is 129 Å². The summed E-state index contributed by atoms with van der Waals surface area (Å²) >= 11 is 6.19. The minimum Gasteiger partial charge on any atom is -0.332 e. The molecule has 0 saturated carbocycles. The van der Waals surface area contributed by atoms with Gasteiger partial charge in [-0.05, 0) is 35.7 Å². The average molecular weight is 298 g/mol. The number of benzene rings is 1. The zero-order chi connectivity index (χ0) is 14.7. The van der Waals surface area contributed by atoms with Crippen LogP contribution < -0.4 is 0 Å². The molecule has 0 aliphatic rings. The third-order valence-corrected chi connectivity index (χ3v) is 3.81. The van der Waals surface area contributed by atoms with Crippen molar-refractivity contribution >= 4 is 11.6 Å². The Hall–Kier alpha value is -2.13. The van der Waals surface area contributed by atoms with Gasteiger partial charge in [-0.2, -0.15) is 0 Å². The molecule has 2 aromatic heterocycles. The van der Waals surface area contributed by atoms with Gasteiger partial charge in [-0.1, -0.05) is 36.7 Å². The van der Waals surface area contributed by atoms with Crippen molar-refractivity contribution in [2.75, 3.05) is 0 Å². The molecule has 2 heterocycles. The second-order valence-corrected chi connectivity index (χ2v) is 5.33. The van der Waals surface area contributed by atoms with Crippen molar-refractivity contribution in [1.29, 1.82) is 0 Å². The lowest BCUT2D eigenvalue weighted by Gasteiger charge is -2.04. The number of halogens is 1. The van der Waals surface area contributed by atoms with Gasteiger partial charge < -0.3 is 4.57 Å². The van der Waals surface area contributed by atoms with Crippen LogP contribution >= 0.6 is 11.6 Å². The zero-order valence-corrected chi connectivity index (χ0v) is 12.6. The SMILES string of the molecule is CCc1ccnc(-c2cn(Cc3ccccc3Cl)cn2)c1. The van der Waals surface area contributed by atoms with E-state index in [4.69, 9.17) is 11.6 Å². The molecule has 0 fully saturated rings. The molecule has 0 saturated heterocycles. The van der Waals surface area contributed by atoms with Crippen LogP contribution in [0.5, 0.6) is 0 Å². The molecule has 0 aliphatic heterocycles. The Kier molecular flexibility index (Phi) is 4.02. The fourth-order valence-electron chi connectivity index (χ4n) is 2.24. The van der Waals surface area contributed by atoms with E-state index in [0.29, 0.717) is 6.54 Å². The summed E-state index contributed by atoms with van der Waals surface area (Å²) in [5.41, 5.74) is 4.14. The maximum absolute atomic E-state index is 6.19. The largest absolute Gasteiger partial charge is 0.332 e. The molecule has 0 spiro atoms. The molecule has 0 amide bonds. The predicted octanol–water partition coefficient (Wildman–Crippen LogP) is 4.21. The molecular formula is C17H16ClN3. The van der Waals surface area contributed by atoms with E-state index >= 15 is 0 Å². The van der Waals surface area contributed by atoms with E-state index in [1.54, 1.807) is 0 Å². The smallest absolute Gasteiger partial charge is 0.107 e. The van der Waals surface area contributed by atoms with E-state index in [0.717, 1.165) is 28.4 Å². The molecule has 0 aliphatic carbocycles. The van der Waals surface area contributed by atoms with Gasteiger partial charge in [0, 0.05) is 24.0 Å². The van der Waals surface area contributed by atoms with Gasteiger partial charge in [-0.25, -0.2) is 4.98 Å². The van der Waals surface area contributed by atoms with E-state index in [2.05, 4.69) is 23.0 Å². The summed E-state index contributed by atoms with van der Waals surface area (Å²) in [4.78, 5) is 8.84. The van der Waals surface area contributed by atoms with Crippen molar-refractivity contribution in [2.24, 2.45) is 0 Å². The van der Waals surface area contributed by atoms with Gasteiger partial charge in [0.15, 0.2) is 0 Å². The van der Waals surface area contributed by atoms with Gasteiger partial charge in [0.05, 0.1) is 12.0 Å². The van der Waals surface area contributed by atoms with E-state index in [1.165, 1.54) is 5.56 Å². The molecule has 0 bridgehead atoms. The molecule has 3 aromatic rings. The Morgan fingerprint density at radius 2 is 1.95 bits per heavy atom. The highest BCUT2D eigenvalue weighted by Gasteiger charge is 2.06. The molecule has 4 heteroatoms. The monoisotopic (exact) mass is 297 g/mol. The lowest BCUT2D eigenvalue weighted by atomic mass is 10.1. The Bertz CT molecular complexity index is 749. The topological polar surface area (TPSA) is 30.7 Å². The van der Waals surface area contributed by atoms with E-state index < -0.39 is 0 Å². The summed E-state index contributed by atoms with van der Waals surface area (Å²) in [5, 5.41) is 0.777. The lowest BCUT2D eigenvalue weighted by Crippen LogP contribution is -1.96. The number of hydrogen-bond donors (Lipinski definition) is 0. The number of rotatable bonds is 4. The van der Waals surface area contributed by atoms with Crippen LogP contribution in [0.25, 0.3) is 11.4 Å². The third-order valence-electron chi connectivity index (χ3n) is 3.44. The number of pyridine rings is 1. The van der Waals surface area contributed by atoms with Gasteiger partial charge in [0.2, 0.25) is 0 Å². The fraction of sp³-hybridized carbons (Fsp3) is 0.176. The standard InChI is InChI=1S/C17H16ClN3/c1-2-13-7-8-19-16(9-13)17-11-21(12-20-17)10-14-5-3-4-6-15(14)18/h3-9,11-12H,2,10H2,1H3. The second-order valence-electron chi connectivity index (χ2n) is 4.93. The van der Waals surface area contributed by atoms with Crippen LogP contribution in [0.3, 0.4) is 0 Å². The molecule has 0 N–H and O–H groups in total. The van der Waals surface area contributed by atoms with E-state index in [1.807, 2.05) is 53.6 Å².